The largest absolute Gasteiger partial charge is 0.462 e. The first-order valence-corrected chi connectivity index (χ1v) is 10.0. The van der Waals surface area contributed by atoms with Crippen molar-refractivity contribution >= 4 is 20.1 Å². The molecule has 20 heavy (non-hydrogen) atoms. The van der Waals surface area contributed by atoms with Crippen molar-refractivity contribution in [2.45, 2.75) is 58.9 Å². The Morgan fingerprint density at radius 2 is 1.90 bits per heavy atom. The summed E-state index contributed by atoms with van der Waals surface area (Å²) in [4.78, 5) is 23.9. The minimum Gasteiger partial charge on any atom is -0.462 e. The van der Waals surface area contributed by atoms with E-state index in [1.807, 2.05) is 6.92 Å². The first kappa shape index (κ1) is 17.1. The van der Waals surface area contributed by atoms with Crippen LogP contribution in [0.1, 0.15) is 34.6 Å². The molecule has 0 aromatic carbocycles. The molecule has 0 aromatic heterocycles. The van der Waals surface area contributed by atoms with Gasteiger partial charge >= 0.3 is 5.97 Å². The predicted molar refractivity (Wildman–Crippen MR) is 81.0 cm³/mol. The first-order valence-electron chi connectivity index (χ1n) is 7.12. The molecule has 1 rings (SSSR count). The molecule has 1 aliphatic rings. The number of ketones is 1. The number of Topliss-reactive ketones (excluding diaryl/α,β-unsaturated/α-hetero) is 1. The van der Waals surface area contributed by atoms with E-state index in [2.05, 4.69) is 33.9 Å². The summed E-state index contributed by atoms with van der Waals surface area (Å²) < 4.78 is 11.2. The number of ether oxygens (including phenoxy) is 1. The van der Waals surface area contributed by atoms with Crippen LogP contribution >= 0.6 is 0 Å². The van der Waals surface area contributed by atoms with Crippen molar-refractivity contribution in [2.24, 2.45) is 5.92 Å². The van der Waals surface area contributed by atoms with Gasteiger partial charge in [0.1, 0.15) is 5.57 Å². The van der Waals surface area contributed by atoms with Crippen LogP contribution in [-0.4, -0.2) is 32.8 Å². The molecule has 0 aliphatic heterocycles. The van der Waals surface area contributed by atoms with Gasteiger partial charge in [0.15, 0.2) is 14.1 Å². The number of hydrogen-bond donors (Lipinski definition) is 0. The van der Waals surface area contributed by atoms with Gasteiger partial charge in [-0.1, -0.05) is 27.7 Å². The van der Waals surface area contributed by atoms with Gasteiger partial charge in [0.25, 0.3) is 0 Å². The Kier molecular flexibility index (Phi) is 4.97. The standard InChI is InChI=1S/C15H26O4Si/c1-8-18-14(17)11-9-12(10(2)13(11)16)19-20(6,7)15(3,4)5/h9-10,12H,8H2,1-7H3/t10-,12+/m1/s1. The number of hydrogen-bond acceptors (Lipinski definition) is 4. The van der Waals surface area contributed by atoms with E-state index in [0.29, 0.717) is 0 Å². The molecule has 0 saturated carbocycles. The molecule has 0 saturated heterocycles. The topological polar surface area (TPSA) is 52.6 Å². The fourth-order valence-electron chi connectivity index (χ4n) is 1.82. The van der Waals surface area contributed by atoms with Crippen molar-refractivity contribution in [3.8, 4) is 0 Å². The van der Waals surface area contributed by atoms with Crippen LogP contribution in [0.15, 0.2) is 11.6 Å². The zero-order valence-corrected chi connectivity index (χ0v) is 14.6. The van der Waals surface area contributed by atoms with E-state index < -0.39 is 14.3 Å². The van der Waals surface area contributed by atoms with E-state index in [9.17, 15) is 9.59 Å². The SMILES string of the molecule is CCOC(=O)C1=C[C@H](O[Si](C)(C)C(C)(C)C)[C@@H](C)C1=O. The second-order valence-corrected chi connectivity index (χ2v) is 11.6. The Balaban J connectivity index is 2.92. The summed E-state index contributed by atoms with van der Waals surface area (Å²) in [7, 11) is -1.97. The lowest BCUT2D eigenvalue weighted by atomic mass is 10.1. The van der Waals surface area contributed by atoms with E-state index in [0.717, 1.165) is 0 Å². The van der Waals surface area contributed by atoms with Gasteiger partial charge in [-0.15, -0.1) is 0 Å². The quantitative estimate of drug-likeness (QED) is 0.455. The minimum absolute atomic E-state index is 0.0658. The second kappa shape index (κ2) is 5.82. The summed E-state index contributed by atoms with van der Waals surface area (Å²) in [6.07, 6.45) is 1.33. The van der Waals surface area contributed by atoms with Gasteiger partial charge in [-0.05, 0) is 31.1 Å². The van der Waals surface area contributed by atoms with E-state index >= 15 is 0 Å². The highest BCUT2D eigenvalue weighted by molar-refractivity contribution is 6.74. The number of rotatable bonds is 4. The molecule has 0 unspecified atom stereocenters. The van der Waals surface area contributed by atoms with Gasteiger partial charge in [0, 0.05) is 5.92 Å². The van der Waals surface area contributed by atoms with E-state index in [4.69, 9.17) is 9.16 Å². The number of esters is 1. The van der Waals surface area contributed by atoms with Crippen molar-refractivity contribution < 1.29 is 18.8 Å². The van der Waals surface area contributed by atoms with Crippen LogP contribution in [0.2, 0.25) is 18.1 Å². The highest BCUT2D eigenvalue weighted by Gasteiger charge is 2.44. The van der Waals surface area contributed by atoms with Gasteiger partial charge in [-0.2, -0.15) is 0 Å². The summed E-state index contributed by atoms with van der Waals surface area (Å²) in [6, 6.07) is 0. The average molecular weight is 298 g/mol. The fourth-order valence-corrected chi connectivity index (χ4v) is 3.12. The highest BCUT2D eigenvalue weighted by atomic mass is 28.4. The zero-order valence-electron chi connectivity index (χ0n) is 13.6. The third kappa shape index (κ3) is 3.38. The smallest absolute Gasteiger partial charge is 0.341 e. The van der Waals surface area contributed by atoms with Gasteiger partial charge in [0.2, 0.25) is 0 Å². The summed E-state index contributed by atoms with van der Waals surface area (Å²) >= 11 is 0. The van der Waals surface area contributed by atoms with Crippen molar-refractivity contribution in [1.82, 2.24) is 0 Å². The zero-order chi connectivity index (χ0) is 15.7. The normalized spacial score (nSPS) is 23.8. The summed E-state index contributed by atoms with van der Waals surface area (Å²) in [5.41, 5.74) is 0.142. The molecule has 0 spiro atoms. The molecule has 4 nitrogen and oxygen atoms in total. The van der Waals surface area contributed by atoms with E-state index in [-0.39, 0.29) is 35.0 Å². The Morgan fingerprint density at radius 3 is 2.35 bits per heavy atom. The Hall–Kier alpha value is -0.943. The lowest BCUT2D eigenvalue weighted by Gasteiger charge is -2.38. The molecule has 0 bridgehead atoms. The van der Waals surface area contributed by atoms with Crippen molar-refractivity contribution in [2.75, 3.05) is 6.61 Å². The monoisotopic (exact) mass is 298 g/mol. The van der Waals surface area contributed by atoms with E-state index in [1.54, 1.807) is 13.0 Å². The first-order chi connectivity index (χ1) is 9.01. The van der Waals surface area contributed by atoms with Crippen molar-refractivity contribution in [3.63, 3.8) is 0 Å². The molecule has 1 aliphatic carbocycles. The predicted octanol–water partition coefficient (Wildman–Crippen LogP) is 3.09. The molecule has 0 radical (unpaired) electrons. The number of carbonyl (C=O) groups is 2. The van der Waals surface area contributed by atoms with Crippen LogP contribution in [0.25, 0.3) is 0 Å². The van der Waals surface area contributed by atoms with Crippen molar-refractivity contribution in [3.05, 3.63) is 11.6 Å². The average Bonchev–Trinajstić information content (AvgIpc) is 2.56. The van der Waals surface area contributed by atoms with E-state index in [1.165, 1.54) is 0 Å². The third-order valence-electron chi connectivity index (χ3n) is 4.23. The molecule has 0 heterocycles. The molecular formula is C15H26O4Si. The van der Waals surface area contributed by atoms with Crippen LogP contribution in [0.5, 0.6) is 0 Å². The molecule has 114 valence electrons. The van der Waals surface area contributed by atoms with Crippen LogP contribution in [0.3, 0.4) is 0 Å². The fraction of sp³-hybridized carbons (Fsp3) is 0.733. The maximum atomic E-state index is 12.1. The highest BCUT2D eigenvalue weighted by Crippen LogP contribution is 2.39. The third-order valence-corrected chi connectivity index (χ3v) is 8.71. The molecular weight excluding hydrogens is 272 g/mol. The maximum Gasteiger partial charge on any atom is 0.341 e. The molecule has 0 aromatic rings. The van der Waals surface area contributed by atoms with Crippen molar-refractivity contribution in [1.29, 1.82) is 0 Å². The van der Waals surface area contributed by atoms with Gasteiger partial charge in [-0.25, -0.2) is 4.79 Å². The van der Waals surface area contributed by atoms with Crippen LogP contribution < -0.4 is 0 Å². The van der Waals surface area contributed by atoms with Crippen LogP contribution in [0.4, 0.5) is 0 Å². The van der Waals surface area contributed by atoms with Gasteiger partial charge in [-0.3, -0.25) is 4.79 Å². The summed E-state index contributed by atoms with van der Waals surface area (Å²) in [5, 5.41) is 0.0658. The molecule has 0 N–H and O–H groups in total. The van der Waals surface area contributed by atoms with Crippen LogP contribution in [-0.2, 0) is 18.8 Å². The Morgan fingerprint density at radius 1 is 1.35 bits per heavy atom. The van der Waals surface area contributed by atoms with Gasteiger partial charge in [0.05, 0.1) is 12.7 Å². The second-order valence-electron chi connectivity index (χ2n) is 6.80. The molecule has 5 heteroatoms. The van der Waals surface area contributed by atoms with Crippen LogP contribution in [0, 0.1) is 5.92 Å². The Bertz CT molecular complexity index is 432. The Labute approximate surface area is 122 Å². The minimum atomic E-state index is -1.97. The molecule has 2 atom stereocenters. The molecule has 0 fully saturated rings. The maximum absolute atomic E-state index is 12.1. The lowest BCUT2D eigenvalue weighted by Crippen LogP contribution is -2.44. The lowest BCUT2D eigenvalue weighted by molar-refractivity contribution is -0.140. The summed E-state index contributed by atoms with van der Waals surface area (Å²) in [6.45, 7) is 14.5. The van der Waals surface area contributed by atoms with Gasteiger partial charge < -0.3 is 9.16 Å². The summed E-state index contributed by atoms with van der Waals surface area (Å²) in [5.74, 6) is -1.03. The number of carbonyl (C=O) groups excluding carboxylic acids is 2. The molecule has 0 amide bonds.